The Balaban J connectivity index is 1.59. The smallest absolute Gasteiger partial charge is 0.288 e. The van der Waals surface area contributed by atoms with E-state index < -0.39 is 16.7 Å². The van der Waals surface area contributed by atoms with E-state index in [1.807, 2.05) is 6.07 Å². The third-order valence-corrected chi connectivity index (χ3v) is 7.18. The molecule has 35 heavy (non-hydrogen) atoms. The number of amides is 2. The van der Waals surface area contributed by atoms with Crippen molar-refractivity contribution in [3.63, 3.8) is 0 Å². The second-order valence-corrected chi connectivity index (χ2v) is 9.68. The number of hydrogen-bond acceptors (Lipinski definition) is 7. The number of anilines is 1. The number of nitrogens with one attached hydrogen (secondary N) is 1. The van der Waals surface area contributed by atoms with Gasteiger partial charge in [0.15, 0.2) is 0 Å². The molecule has 0 aliphatic heterocycles. The van der Waals surface area contributed by atoms with Crippen molar-refractivity contribution in [1.29, 1.82) is 5.26 Å². The normalized spacial score (nSPS) is 15.2. The summed E-state index contributed by atoms with van der Waals surface area (Å²) in [5, 5.41) is 23.7. The molecule has 0 unspecified atom stereocenters. The van der Waals surface area contributed by atoms with E-state index >= 15 is 0 Å². The number of fused-ring (bicyclic) bond motifs is 1. The van der Waals surface area contributed by atoms with E-state index in [-0.39, 0.29) is 22.0 Å². The molecule has 1 atom stereocenters. The summed E-state index contributed by atoms with van der Waals surface area (Å²) in [6.07, 6.45) is 3.69. The summed E-state index contributed by atoms with van der Waals surface area (Å²) >= 11 is 7.16. The molecular weight excluding hydrogens is 492 g/mol. The Morgan fingerprint density at radius 1 is 1.37 bits per heavy atom. The molecular formula is C24H19ClN4O5S. The number of benzene rings is 1. The summed E-state index contributed by atoms with van der Waals surface area (Å²) in [5.74, 6) is -0.372. The Morgan fingerprint density at radius 3 is 2.83 bits per heavy atom. The summed E-state index contributed by atoms with van der Waals surface area (Å²) in [6.45, 7) is 2.13. The second kappa shape index (κ2) is 9.74. The Labute approximate surface area is 208 Å². The molecule has 3 N–H and O–H groups in total. The lowest BCUT2D eigenvalue weighted by atomic mass is 9.88. The van der Waals surface area contributed by atoms with Crippen molar-refractivity contribution < 1.29 is 18.9 Å². The Hall–Kier alpha value is -3.94. The lowest BCUT2D eigenvalue weighted by molar-refractivity contribution is -0.384. The van der Waals surface area contributed by atoms with Crippen molar-refractivity contribution in [3.8, 4) is 17.4 Å². The van der Waals surface area contributed by atoms with Gasteiger partial charge in [-0.05, 0) is 55.0 Å². The number of rotatable bonds is 6. The quantitative estimate of drug-likeness (QED) is 0.197. The van der Waals surface area contributed by atoms with E-state index in [4.69, 9.17) is 21.8 Å². The molecule has 2 amide bonds. The molecule has 0 bridgehead atoms. The maximum absolute atomic E-state index is 12.9. The molecule has 0 spiro atoms. The Morgan fingerprint density at radius 2 is 2.14 bits per heavy atom. The van der Waals surface area contributed by atoms with Crippen LogP contribution in [0.2, 0.25) is 5.02 Å². The van der Waals surface area contributed by atoms with Crippen molar-refractivity contribution in [2.24, 2.45) is 11.7 Å². The maximum atomic E-state index is 12.9. The largest absolute Gasteiger partial charge is 0.457 e. The predicted molar refractivity (Wildman–Crippen MR) is 132 cm³/mol. The van der Waals surface area contributed by atoms with E-state index in [2.05, 4.69) is 12.2 Å². The second-order valence-electron chi connectivity index (χ2n) is 8.17. The highest BCUT2D eigenvalue weighted by Crippen LogP contribution is 2.39. The number of hydrogen-bond donors (Lipinski definition) is 2. The van der Waals surface area contributed by atoms with Crippen LogP contribution in [0.15, 0.2) is 40.3 Å². The van der Waals surface area contributed by atoms with Crippen molar-refractivity contribution in [1.82, 2.24) is 0 Å². The van der Waals surface area contributed by atoms with Crippen LogP contribution >= 0.6 is 22.9 Å². The first-order valence-electron chi connectivity index (χ1n) is 10.6. The fourth-order valence-corrected chi connectivity index (χ4v) is 5.55. The van der Waals surface area contributed by atoms with Gasteiger partial charge in [-0.3, -0.25) is 19.7 Å². The Bertz CT molecular complexity index is 1430. The van der Waals surface area contributed by atoms with Gasteiger partial charge in [0.25, 0.3) is 17.5 Å². The molecule has 2 aromatic heterocycles. The van der Waals surface area contributed by atoms with Crippen LogP contribution in [0.5, 0.6) is 0 Å². The van der Waals surface area contributed by atoms with Crippen LogP contribution in [0.3, 0.4) is 0 Å². The Kier molecular flexibility index (Phi) is 6.73. The SMILES string of the molecule is C[C@H]1CCc2c(sc(NC(=O)/C(C#N)=C/c3ccc(-c4ccc(Cl)c([N+](=O)[O-])c4)o3)c2C(N)=O)C1. The number of halogens is 1. The average Bonchev–Trinajstić information content (AvgIpc) is 3.41. The average molecular weight is 511 g/mol. The molecule has 11 heteroatoms. The molecule has 0 saturated heterocycles. The molecule has 1 aliphatic carbocycles. The fourth-order valence-electron chi connectivity index (χ4n) is 3.95. The summed E-state index contributed by atoms with van der Waals surface area (Å²) in [5.41, 5.74) is 6.65. The monoisotopic (exact) mass is 510 g/mol. The number of nitro benzene ring substituents is 1. The number of furan rings is 1. The van der Waals surface area contributed by atoms with Crippen LogP contribution < -0.4 is 11.1 Å². The molecule has 0 radical (unpaired) electrons. The fraction of sp³-hybridized carbons (Fsp3) is 0.208. The minimum absolute atomic E-state index is 0.00564. The van der Waals surface area contributed by atoms with Gasteiger partial charge in [-0.25, -0.2) is 0 Å². The number of carbonyl (C=O) groups is 2. The van der Waals surface area contributed by atoms with Gasteiger partial charge in [-0.2, -0.15) is 5.26 Å². The first-order chi connectivity index (χ1) is 16.7. The number of nitrogens with zero attached hydrogens (tertiary/aromatic N) is 2. The van der Waals surface area contributed by atoms with E-state index in [0.29, 0.717) is 34.2 Å². The lowest BCUT2D eigenvalue weighted by Crippen LogP contribution is -2.19. The number of nitriles is 1. The maximum Gasteiger partial charge on any atom is 0.288 e. The molecule has 1 aromatic carbocycles. The van der Waals surface area contributed by atoms with Crippen molar-refractivity contribution >= 4 is 51.5 Å². The standard InChI is InChI=1S/C24H19ClN4O5S/c1-12-2-5-16-20(8-12)35-24(21(16)22(27)30)28-23(31)14(11-26)9-15-4-7-19(34-15)13-3-6-17(25)18(10-13)29(32)33/h3-4,6-7,9-10,12H,2,5,8H2,1H3,(H2,27,30)(H,28,31)/b14-9+/t12-/m0/s1. The summed E-state index contributed by atoms with van der Waals surface area (Å²) in [6, 6.07) is 9.15. The van der Waals surface area contributed by atoms with Gasteiger partial charge in [0.05, 0.1) is 10.5 Å². The van der Waals surface area contributed by atoms with Gasteiger partial charge >= 0.3 is 0 Å². The zero-order chi connectivity index (χ0) is 25.3. The van der Waals surface area contributed by atoms with Crippen molar-refractivity contribution in [3.05, 3.63) is 72.8 Å². The highest BCUT2D eigenvalue weighted by Gasteiger charge is 2.28. The van der Waals surface area contributed by atoms with Crippen LogP contribution in [0.4, 0.5) is 10.7 Å². The van der Waals surface area contributed by atoms with Gasteiger partial charge in [-0.1, -0.05) is 18.5 Å². The van der Waals surface area contributed by atoms with E-state index in [0.717, 1.165) is 23.3 Å². The van der Waals surface area contributed by atoms with Gasteiger partial charge in [0, 0.05) is 22.6 Å². The third kappa shape index (κ3) is 4.96. The number of carbonyl (C=O) groups excluding carboxylic acids is 2. The van der Waals surface area contributed by atoms with E-state index in [9.17, 15) is 25.0 Å². The van der Waals surface area contributed by atoms with Gasteiger partial charge in [-0.15, -0.1) is 11.3 Å². The van der Waals surface area contributed by atoms with E-state index in [1.165, 1.54) is 35.6 Å². The van der Waals surface area contributed by atoms with Gasteiger partial charge in [0.2, 0.25) is 0 Å². The molecule has 0 fully saturated rings. The summed E-state index contributed by atoms with van der Waals surface area (Å²) in [7, 11) is 0. The topological polar surface area (TPSA) is 152 Å². The van der Waals surface area contributed by atoms with Crippen molar-refractivity contribution in [2.45, 2.75) is 26.2 Å². The van der Waals surface area contributed by atoms with Gasteiger partial charge in [0.1, 0.15) is 33.2 Å². The molecule has 0 saturated carbocycles. The number of nitrogens with two attached hydrogens (primary N) is 1. The number of nitro groups is 1. The van der Waals surface area contributed by atoms with Crippen LogP contribution in [0.25, 0.3) is 17.4 Å². The zero-order valence-electron chi connectivity index (χ0n) is 18.5. The van der Waals surface area contributed by atoms with Crippen LogP contribution in [-0.4, -0.2) is 16.7 Å². The van der Waals surface area contributed by atoms with Crippen LogP contribution in [-0.2, 0) is 17.6 Å². The minimum atomic E-state index is -0.707. The molecule has 178 valence electrons. The minimum Gasteiger partial charge on any atom is -0.457 e. The molecule has 1 aliphatic rings. The predicted octanol–water partition coefficient (Wildman–Crippen LogP) is 5.34. The molecule has 3 aromatic rings. The molecule has 2 heterocycles. The summed E-state index contributed by atoms with van der Waals surface area (Å²) in [4.78, 5) is 36.5. The third-order valence-electron chi connectivity index (χ3n) is 5.69. The van der Waals surface area contributed by atoms with Crippen LogP contribution in [0.1, 0.15) is 39.9 Å². The van der Waals surface area contributed by atoms with Gasteiger partial charge < -0.3 is 15.5 Å². The summed E-state index contributed by atoms with van der Waals surface area (Å²) < 4.78 is 5.67. The van der Waals surface area contributed by atoms with Crippen molar-refractivity contribution in [2.75, 3.05) is 5.32 Å². The van der Waals surface area contributed by atoms with Crippen LogP contribution in [0, 0.1) is 27.4 Å². The first kappa shape index (κ1) is 24.2. The van der Waals surface area contributed by atoms with E-state index in [1.54, 1.807) is 12.1 Å². The number of thiophene rings is 1. The lowest BCUT2D eigenvalue weighted by Gasteiger charge is -2.18. The molecule has 4 rings (SSSR count). The number of primary amides is 1. The highest BCUT2D eigenvalue weighted by atomic mass is 35.5. The zero-order valence-corrected chi connectivity index (χ0v) is 20.0. The molecule has 9 nitrogen and oxygen atoms in total. The highest BCUT2D eigenvalue weighted by molar-refractivity contribution is 7.17. The first-order valence-corrected chi connectivity index (χ1v) is 11.8.